The van der Waals surface area contributed by atoms with Crippen molar-refractivity contribution in [3.8, 4) is 0 Å². The maximum absolute atomic E-state index is 12.1. The molecule has 19 heavy (non-hydrogen) atoms. The van der Waals surface area contributed by atoms with Crippen molar-refractivity contribution in [3.05, 3.63) is 64.7 Å². The number of halogens is 1. The van der Waals surface area contributed by atoms with Gasteiger partial charge < -0.3 is 0 Å². The largest absolute Gasteiger partial charge is 0.294 e. The zero-order valence-electron chi connectivity index (χ0n) is 10.7. The maximum Gasteiger partial charge on any atom is 0.163 e. The minimum absolute atomic E-state index is 0.160. The molecule has 2 rings (SSSR count). The molecule has 0 saturated carbocycles. The summed E-state index contributed by atoms with van der Waals surface area (Å²) in [6, 6.07) is 15.3. The molecule has 2 aromatic rings. The number of Topliss-reactive ketones (excluding diaryl/α,β-unsaturated/α-hetero) is 1. The van der Waals surface area contributed by atoms with Gasteiger partial charge in [0, 0.05) is 21.9 Å². The van der Waals surface area contributed by atoms with Crippen LogP contribution in [0.25, 0.3) is 0 Å². The molecule has 0 aliphatic heterocycles. The van der Waals surface area contributed by atoms with Gasteiger partial charge in [-0.1, -0.05) is 29.8 Å². The van der Waals surface area contributed by atoms with Gasteiger partial charge in [-0.25, -0.2) is 0 Å². The van der Waals surface area contributed by atoms with E-state index in [2.05, 4.69) is 18.4 Å². The Bertz CT molecular complexity index is 563. The fourth-order valence-electron chi connectivity index (χ4n) is 1.94. The highest BCUT2D eigenvalue weighted by Gasteiger charge is 2.07. The maximum atomic E-state index is 12.1. The average Bonchev–Trinajstić information content (AvgIpc) is 2.45. The predicted molar refractivity (Wildman–Crippen MR) is 82.3 cm³/mol. The second kappa shape index (κ2) is 6.78. The van der Waals surface area contributed by atoms with Crippen LogP contribution >= 0.6 is 23.4 Å². The number of benzene rings is 2. The SMILES string of the molecule is CSc1ccccc1CCC(=O)c1ccc(Cl)cc1. The molecule has 0 spiro atoms. The number of ketones is 1. The van der Waals surface area contributed by atoms with Crippen molar-refractivity contribution in [1.29, 1.82) is 0 Å². The summed E-state index contributed by atoms with van der Waals surface area (Å²) < 4.78 is 0. The van der Waals surface area contributed by atoms with Crippen molar-refractivity contribution in [1.82, 2.24) is 0 Å². The summed E-state index contributed by atoms with van der Waals surface area (Å²) in [4.78, 5) is 13.3. The van der Waals surface area contributed by atoms with E-state index >= 15 is 0 Å². The lowest BCUT2D eigenvalue weighted by molar-refractivity contribution is 0.0982. The van der Waals surface area contributed by atoms with Crippen molar-refractivity contribution >= 4 is 29.1 Å². The molecule has 2 aromatic carbocycles. The number of hydrogen-bond acceptors (Lipinski definition) is 2. The van der Waals surface area contributed by atoms with E-state index in [4.69, 9.17) is 11.6 Å². The first-order valence-corrected chi connectivity index (χ1v) is 7.71. The summed E-state index contributed by atoms with van der Waals surface area (Å²) in [6.07, 6.45) is 3.36. The van der Waals surface area contributed by atoms with E-state index in [9.17, 15) is 4.79 Å². The van der Waals surface area contributed by atoms with Crippen LogP contribution in [0.2, 0.25) is 5.02 Å². The highest BCUT2D eigenvalue weighted by atomic mass is 35.5. The summed E-state index contributed by atoms with van der Waals surface area (Å²) in [6.45, 7) is 0. The van der Waals surface area contributed by atoms with E-state index in [-0.39, 0.29) is 5.78 Å². The predicted octanol–water partition coefficient (Wildman–Crippen LogP) is 4.88. The molecule has 0 N–H and O–H groups in total. The van der Waals surface area contributed by atoms with Crippen LogP contribution in [0.1, 0.15) is 22.3 Å². The average molecular weight is 291 g/mol. The first-order valence-electron chi connectivity index (χ1n) is 6.11. The summed E-state index contributed by atoms with van der Waals surface area (Å²) in [5.74, 6) is 0.160. The Morgan fingerprint density at radius 2 is 1.79 bits per heavy atom. The molecule has 0 bridgehead atoms. The van der Waals surface area contributed by atoms with Gasteiger partial charge in [0.2, 0.25) is 0 Å². The minimum atomic E-state index is 0.160. The number of carbonyl (C=O) groups excluding carboxylic acids is 1. The monoisotopic (exact) mass is 290 g/mol. The highest BCUT2D eigenvalue weighted by Crippen LogP contribution is 2.21. The standard InChI is InChI=1S/C16H15ClOS/c1-19-16-5-3-2-4-13(16)8-11-15(18)12-6-9-14(17)10-7-12/h2-7,9-10H,8,11H2,1H3. The summed E-state index contributed by atoms with van der Waals surface area (Å²) in [5, 5.41) is 0.657. The third-order valence-electron chi connectivity index (χ3n) is 2.98. The molecule has 0 amide bonds. The van der Waals surface area contributed by atoms with Crippen molar-refractivity contribution in [2.24, 2.45) is 0 Å². The molecular formula is C16H15ClOS. The van der Waals surface area contributed by atoms with Crippen molar-refractivity contribution in [3.63, 3.8) is 0 Å². The van der Waals surface area contributed by atoms with Crippen LogP contribution in [-0.2, 0) is 6.42 Å². The van der Waals surface area contributed by atoms with Crippen molar-refractivity contribution < 1.29 is 4.79 Å². The highest BCUT2D eigenvalue weighted by molar-refractivity contribution is 7.98. The van der Waals surface area contributed by atoms with Crippen LogP contribution in [0.15, 0.2) is 53.4 Å². The molecule has 0 aliphatic carbocycles. The van der Waals surface area contributed by atoms with Crippen LogP contribution in [0.5, 0.6) is 0 Å². The van der Waals surface area contributed by atoms with Gasteiger partial charge in [-0.15, -0.1) is 11.8 Å². The van der Waals surface area contributed by atoms with Gasteiger partial charge in [-0.05, 0) is 48.6 Å². The van der Waals surface area contributed by atoms with Crippen molar-refractivity contribution in [2.75, 3.05) is 6.26 Å². The van der Waals surface area contributed by atoms with E-state index in [1.54, 1.807) is 36.0 Å². The minimum Gasteiger partial charge on any atom is -0.294 e. The van der Waals surface area contributed by atoms with Crippen LogP contribution in [0.3, 0.4) is 0 Å². The van der Waals surface area contributed by atoms with Gasteiger partial charge in [0.15, 0.2) is 5.78 Å². The topological polar surface area (TPSA) is 17.1 Å². The summed E-state index contributed by atoms with van der Waals surface area (Å²) >= 11 is 7.53. The molecule has 0 aliphatic rings. The van der Waals surface area contributed by atoms with Crippen LogP contribution in [0.4, 0.5) is 0 Å². The van der Waals surface area contributed by atoms with E-state index in [0.29, 0.717) is 11.4 Å². The van der Waals surface area contributed by atoms with Gasteiger partial charge in [0.1, 0.15) is 0 Å². The number of rotatable bonds is 5. The number of hydrogen-bond donors (Lipinski definition) is 0. The molecule has 0 saturated heterocycles. The Morgan fingerprint density at radius 1 is 1.11 bits per heavy atom. The fourth-order valence-corrected chi connectivity index (χ4v) is 2.71. The molecule has 0 fully saturated rings. The van der Waals surface area contributed by atoms with Gasteiger partial charge >= 0.3 is 0 Å². The number of aryl methyl sites for hydroxylation is 1. The van der Waals surface area contributed by atoms with Gasteiger partial charge in [0.05, 0.1) is 0 Å². The number of thioether (sulfide) groups is 1. The molecule has 0 atom stereocenters. The Balaban J connectivity index is 2.02. The fraction of sp³-hybridized carbons (Fsp3) is 0.188. The number of carbonyl (C=O) groups is 1. The van der Waals surface area contributed by atoms with E-state index in [1.165, 1.54) is 10.5 Å². The van der Waals surface area contributed by atoms with Crippen LogP contribution in [0, 0.1) is 0 Å². The molecule has 0 unspecified atom stereocenters. The Hall–Kier alpha value is -1.25. The smallest absolute Gasteiger partial charge is 0.163 e. The van der Waals surface area contributed by atoms with E-state index in [0.717, 1.165) is 12.0 Å². The Morgan fingerprint density at radius 3 is 2.47 bits per heavy atom. The molecule has 0 radical (unpaired) electrons. The third kappa shape index (κ3) is 3.85. The second-order valence-corrected chi connectivity index (χ2v) is 5.53. The van der Waals surface area contributed by atoms with Crippen molar-refractivity contribution in [2.45, 2.75) is 17.7 Å². The summed E-state index contributed by atoms with van der Waals surface area (Å²) in [5.41, 5.74) is 1.96. The Kier molecular flexibility index (Phi) is 5.06. The van der Waals surface area contributed by atoms with Crippen LogP contribution in [-0.4, -0.2) is 12.0 Å². The molecule has 98 valence electrons. The van der Waals surface area contributed by atoms with E-state index < -0.39 is 0 Å². The zero-order chi connectivity index (χ0) is 13.7. The normalized spacial score (nSPS) is 10.4. The first-order chi connectivity index (χ1) is 9.20. The van der Waals surface area contributed by atoms with Gasteiger partial charge in [-0.3, -0.25) is 4.79 Å². The second-order valence-electron chi connectivity index (χ2n) is 4.24. The zero-order valence-corrected chi connectivity index (χ0v) is 12.3. The lowest BCUT2D eigenvalue weighted by Crippen LogP contribution is -2.01. The Labute approximate surface area is 123 Å². The quantitative estimate of drug-likeness (QED) is 0.577. The molecule has 0 heterocycles. The molecule has 0 aromatic heterocycles. The molecular weight excluding hydrogens is 276 g/mol. The first kappa shape index (κ1) is 14.2. The lowest BCUT2D eigenvalue weighted by Gasteiger charge is -2.06. The summed E-state index contributed by atoms with van der Waals surface area (Å²) in [7, 11) is 0. The van der Waals surface area contributed by atoms with E-state index in [1.807, 2.05) is 12.1 Å². The lowest BCUT2D eigenvalue weighted by atomic mass is 10.0. The van der Waals surface area contributed by atoms with Gasteiger partial charge in [0.25, 0.3) is 0 Å². The third-order valence-corrected chi connectivity index (χ3v) is 4.07. The molecule has 1 nitrogen and oxygen atoms in total. The van der Waals surface area contributed by atoms with Crippen LogP contribution < -0.4 is 0 Å². The molecule has 3 heteroatoms. The van der Waals surface area contributed by atoms with Gasteiger partial charge in [-0.2, -0.15) is 0 Å².